The molecule has 0 radical (unpaired) electrons. The molecule has 0 unspecified atom stereocenters. The van der Waals surface area contributed by atoms with Crippen LogP contribution in [0.15, 0.2) is 23.2 Å². The molecule has 0 heterocycles. The van der Waals surface area contributed by atoms with Crippen LogP contribution in [0.5, 0.6) is 0 Å². The molecule has 1 saturated carbocycles. The van der Waals surface area contributed by atoms with Crippen LogP contribution in [0.25, 0.3) is 0 Å². The van der Waals surface area contributed by atoms with Gasteiger partial charge in [0.25, 0.3) is 0 Å². The zero-order valence-electron chi connectivity index (χ0n) is 9.42. The number of halogens is 2. The molecule has 92 valence electrons. The van der Waals surface area contributed by atoms with E-state index in [1.54, 1.807) is 0 Å². The molecule has 1 fully saturated rings. The van der Waals surface area contributed by atoms with E-state index in [0.29, 0.717) is 0 Å². The molecule has 0 amide bonds. The molecule has 1 aromatic carbocycles. The van der Waals surface area contributed by atoms with E-state index in [9.17, 15) is 8.78 Å². The Balaban J connectivity index is 2.30. The second-order valence-electron chi connectivity index (χ2n) is 4.18. The van der Waals surface area contributed by atoms with Crippen molar-refractivity contribution in [1.29, 1.82) is 0 Å². The molecule has 5 heteroatoms. The Hall–Kier alpha value is -1.49. The molecule has 3 N–H and O–H groups in total. The molecule has 0 aliphatic heterocycles. The third-order valence-electron chi connectivity index (χ3n) is 2.96. The smallest absolute Gasteiger partial charge is 0.145 e. The first-order chi connectivity index (χ1) is 8.20. The van der Waals surface area contributed by atoms with Crippen LogP contribution in [0.2, 0.25) is 0 Å². The third kappa shape index (κ3) is 2.79. The van der Waals surface area contributed by atoms with Gasteiger partial charge >= 0.3 is 0 Å². The Morgan fingerprint density at radius 1 is 1.29 bits per heavy atom. The molecular formula is C12H15F2N3. The van der Waals surface area contributed by atoms with Gasteiger partial charge in [0.2, 0.25) is 0 Å². The van der Waals surface area contributed by atoms with Crippen LogP contribution in [-0.4, -0.2) is 11.9 Å². The molecule has 0 aromatic heterocycles. The van der Waals surface area contributed by atoms with Crippen molar-refractivity contribution >= 4 is 5.84 Å². The Bertz CT molecular complexity index is 426. The predicted molar refractivity (Wildman–Crippen MR) is 62.5 cm³/mol. The average Bonchev–Trinajstić information content (AvgIpc) is 2.82. The predicted octanol–water partition coefficient (Wildman–Crippen LogP) is 2.12. The summed E-state index contributed by atoms with van der Waals surface area (Å²) in [6.45, 7) is 0. The van der Waals surface area contributed by atoms with Crippen molar-refractivity contribution in [2.45, 2.75) is 31.7 Å². The highest BCUT2D eigenvalue weighted by Gasteiger charge is 2.17. The fraction of sp³-hybridized carbons (Fsp3) is 0.417. The molecule has 3 nitrogen and oxygen atoms in total. The largest absolute Gasteiger partial charge is 0.308 e. The monoisotopic (exact) mass is 239 g/mol. The van der Waals surface area contributed by atoms with E-state index >= 15 is 0 Å². The van der Waals surface area contributed by atoms with Crippen LogP contribution in [0, 0.1) is 11.6 Å². The maximum absolute atomic E-state index is 13.5. The molecule has 2 rings (SSSR count). The summed E-state index contributed by atoms with van der Waals surface area (Å²) in [4.78, 5) is 4.34. The van der Waals surface area contributed by atoms with Crippen LogP contribution in [0.1, 0.15) is 31.2 Å². The summed E-state index contributed by atoms with van der Waals surface area (Å²) in [5, 5.41) is 0. The van der Waals surface area contributed by atoms with Crippen molar-refractivity contribution in [1.82, 2.24) is 5.43 Å². The summed E-state index contributed by atoms with van der Waals surface area (Å²) in [5.74, 6) is 4.52. The molecule has 1 aliphatic carbocycles. The second kappa shape index (κ2) is 5.23. The van der Waals surface area contributed by atoms with Crippen LogP contribution < -0.4 is 11.3 Å². The van der Waals surface area contributed by atoms with Gasteiger partial charge in [0.15, 0.2) is 0 Å². The van der Waals surface area contributed by atoms with Gasteiger partial charge < -0.3 is 5.43 Å². The number of rotatable bonds is 2. The summed E-state index contributed by atoms with van der Waals surface area (Å²) in [6, 6.07) is 3.40. The summed E-state index contributed by atoms with van der Waals surface area (Å²) in [6.07, 6.45) is 4.19. The van der Waals surface area contributed by atoms with E-state index in [2.05, 4.69) is 10.4 Å². The maximum Gasteiger partial charge on any atom is 0.145 e. The van der Waals surface area contributed by atoms with Gasteiger partial charge in [-0.3, -0.25) is 4.99 Å². The highest BCUT2D eigenvalue weighted by atomic mass is 19.1. The Kier molecular flexibility index (Phi) is 3.68. The minimum atomic E-state index is -0.527. The number of aliphatic imine (C=N–C) groups is 1. The lowest BCUT2D eigenvalue weighted by Gasteiger charge is -2.10. The fourth-order valence-electron chi connectivity index (χ4n) is 2.08. The van der Waals surface area contributed by atoms with Gasteiger partial charge in [-0.05, 0) is 31.0 Å². The van der Waals surface area contributed by atoms with E-state index in [-0.39, 0.29) is 17.4 Å². The number of nitrogens with one attached hydrogen (secondary N) is 1. The number of hydrogen-bond acceptors (Lipinski definition) is 2. The fourth-order valence-corrected chi connectivity index (χ4v) is 2.08. The quantitative estimate of drug-likeness (QED) is 0.359. The number of nitrogens with two attached hydrogens (primary N) is 1. The van der Waals surface area contributed by atoms with Gasteiger partial charge in [-0.1, -0.05) is 12.8 Å². The van der Waals surface area contributed by atoms with E-state index in [0.717, 1.165) is 43.9 Å². The SMILES string of the molecule is NNC(=NC1CCCC1)c1cc(F)ccc1F. The summed E-state index contributed by atoms with van der Waals surface area (Å²) < 4.78 is 26.6. The Morgan fingerprint density at radius 3 is 2.65 bits per heavy atom. The molecule has 0 spiro atoms. The van der Waals surface area contributed by atoms with Crippen molar-refractivity contribution in [3.8, 4) is 0 Å². The summed E-state index contributed by atoms with van der Waals surface area (Å²) >= 11 is 0. The summed E-state index contributed by atoms with van der Waals surface area (Å²) in [7, 11) is 0. The van der Waals surface area contributed by atoms with Crippen molar-refractivity contribution in [3.63, 3.8) is 0 Å². The molecule has 1 aliphatic rings. The van der Waals surface area contributed by atoms with Crippen molar-refractivity contribution in [2.75, 3.05) is 0 Å². The number of amidine groups is 1. The summed E-state index contributed by atoms with van der Waals surface area (Å²) in [5.41, 5.74) is 2.44. The molecule has 0 saturated heterocycles. The average molecular weight is 239 g/mol. The normalized spacial score (nSPS) is 17.5. The Labute approximate surface area is 98.7 Å². The molecule has 0 atom stereocenters. The van der Waals surface area contributed by atoms with Crippen LogP contribution in [-0.2, 0) is 0 Å². The lowest BCUT2D eigenvalue weighted by molar-refractivity contribution is 0.596. The first kappa shape index (κ1) is 12.0. The van der Waals surface area contributed by atoms with E-state index in [4.69, 9.17) is 5.84 Å². The van der Waals surface area contributed by atoms with Gasteiger partial charge in [0.1, 0.15) is 17.5 Å². The Morgan fingerprint density at radius 2 is 2.00 bits per heavy atom. The topological polar surface area (TPSA) is 50.4 Å². The molecule has 17 heavy (non-hydrogen) atoms. The zero-order chi connectivity index (χ0) is 12.3. The highest BCUT2D eigenvalue weighted by molar-refractivity contribution is 5.98. The number of nitrogens with zero attached hydrogens (tertiary/aromatic N) is 1. The van der Waals surface area contributed by atoms with E-state index in [1.165, 1.54) is 0 Å². The van der Waals surface area contributed by atoms with Gasteiger partial charge in [0, 0.05) is 0 Å². The second-order valence-corrected chi connectivity index (χ2v) is 4.18. The van der Waals surface area contributed by atoms with E-state index in [1.807, 2.05) is 0 Å². The molecule has 0 bridgehead atoms. The van der Waals surface area contributed by atoms with Crippen LogP contribution in [0.3, 0.4) is 0 Å². The van der Waals surface area contributed by atoms with Crippen molar-refractivity contribution < 1.29 is 8.78 Å². The van der Waals surface area contributed by atoms with Gasteiger partial charge in [-0.15, -0.1) is 0 Å². The van der Waals surface area contributed by atoms with Crippen molar-refractivity contribution in [2.24, 2.45) is 10.8 Å². The first-order valence-corrected chi connectivity index (χ1v) is 5.70. The van der Waals surface area contributed by atoms with Crippen LogP contribution >= 0.6 is 0 Å². The van der Waals surface area contributed by atoms with Gasteiger partial charge in [0.05, 0.1) is 11.6 Å². The highest BCUT2D eigenvalue weighted by Crippen LogP contribution is 2.22. The first-order valence-electron chi connectivity index (χ1n) is 5.70. The zero-order valence-corrected chi connectivity index (χ0v) is 9.42. The third-order valence-corrected chi connectivity index (χ3v) is 2.96. The number of benzene rings is 1. The van der Waals surface area contributed by atoms with E-state index < -0.39 is 11.6 Å². The molecular weight excluding hydrogens is 224 g/mol. The van der Waals surface area contributed by atoms with Crippen LogP contribution in [0.4, 0.5) is 8.78 Å². The standard InChI is InChI=1S/C12H15F2N3/c13-8-5-6-11(14)10(7-8)12(17-15)16-9-3-1-2-4-9/h5-7,9H,1-4,15H2,(H,16,17). The minimum Gasteiger partial charge on any atom is -0.308 e. The van der Waals surface area contributed by atoms with Crippen molar-refractivity contribution in [3.05, 3.63) is 35.4 Å². The number of hydrogen-bond donors (Lipinski definition) is 2. The van der Waals surface area contributed by atoms with Gasteiger partial charge in [-0.2, -0.15) is 0 Å². The van der Waals surface area contributed by atoms with Gasteiger partial charge in [-0.25, -0.2) is 14.6 Å². The maximum atomic E-state index is 13.5. The lowest BCUT2D eigenvalue weighted by Crippen LogP contribution is -2.33. The minimum absolute atomic E-state index is 0.0828. The molecule has 1 aromatic rings. The number of hydrazine groups is 1. The lowest BCUT2D eigenvalue weighted by atomic mass is 10.1.